The van der Waals surface area contributed by atoms with Crippen LogP contribution in [0.25, 0.3) is 0 Å². The second-order valence-electron chi connectivity index (χ2n) is 7.61. The van der Waals surface area contributed by atoms with E-state index >= 15 is 0 Å². The Morgan fingerprint density at radius 3 is 2.80 bits per heavy atom. The number of carbonyl (C=O) groups is 2. The Bertz CT molecular complexity index is 979. The lowest BCUT2D eigenvalue weighted by molar-refractivity contribution is -0.149. The van der Waals surface area contributed by atoms with Crippen molar-refractivity contribution < 1.29 is 24.2 Å². The van der Waals surface area contributed by atoms with Crippen molar-refractivity contribution in [3.63, 3.8) is 0 Å². The van der Waals surface area contributed by atoms with Gasteiger partial charge in [0.05, 0.1) is 5.56 Å². The Morgan fingerprint density at radius 1 is 1.27 bits per heavy atom. The minimum absolute atomic E-state index is 0.141. The number of halogens is 1. The molecule has 2 fully saturated rings. The molecule has 1 saturated carbocycles. The summed E-state index contributed by atoms with van der Waals surface area (Å²) in [6.07, 6.45) is 2.19. The van der Waals surface area contributed by atoms with Crippen LogP contribution in [0.4, 0.5) is 4.79 Å². The summed E-state index contributed by atoms with van der Waals surface area (Å²) in [4.78, 5) is 24.8. The van der Waals surface area contributed by atoms with Crippen molar-refractivity contribution in [2.45, 2.75) is 51.2 Å². The zero-order valence-corrected chi connectivity index (χ0v) is 17.3. The van der Waals surface area contributed by atoms with Gasteiger partial charge >= 0.3 is 12.1 Å². The maximum Gasteiger partial charge on any atom is 0.408 e. The number of carbonyl (C=O) groups excluding carboxylic acids is 1. The molecule has 1 atom stereocenters. The van der Waals surface area contributed by atoms with E-state index in [2.05, 4.69) is 10.2 Å². The van der Waals surface area contributed by atoms with Gasteiger partial charge in [-0.1, -0.05) is 29.8 Å². The second-order valence-corrected chi connectivity index (χ2v) is 8.00. The summed E-state index contributed by atoms with van der Waals surface area (Å²) >= 11 is 5.99. The molecule has 1 aromatic heterocycles. The first-order chi connectivity index (χ1) is 14.4. The molecule has 8 nitrogen and oxygen atoms in total. The van der Waals surface area contributed by atoms with E-state index < -0.39 is 18.1 Å². The molecule has 1 aliphatic heterocycles. The van der Waals surface area contributed by atoms with Crippen LogP contribution in [0.2, 0.25) is 5.15 Å². The van der Waals surface area contributed by atoms with Crippen molar-refractivity contribution >= 4 is 23.7 Å². The molecule has 1 amide bonds. The van der Waals surface area contributed by atoms with Gasteiger partial charge in [-0.25, -0.2) is 9.59 Å². The van der Waals surface area contributed by atoms with Crippen molar-refractivity contribution in [1.29, 1.82) is 0 Å². The summed E-state index contributed by atoms with van der Waals surface area (Å²) in [6, 6.07) is 6.75. The van der Waals surface area contributed by atoms with Crippen LogP contribution in [0.1, 0.15) is 48.3 Å². The maximum atomic E-state index is 12.5. The summed E-state index contributed by atoms with van der Waals surface area (Å²) in [5.74, 6) is 0.830. The number of para-hydroxylation sites is 1. The van der Waals surface area contributed by atoms with Crippen LogP contribution in [0.5, 0.6) is 11.6 Å². The smallest absolute Gasteiger partial charge is 0.408 e. The number of amides is 1. The fraction of sp³-hybridized carbons (Fsp3) is 0.429. The number of ether oxygens (including phenoxy) is 2. The number of likely N-dealkylation sites (tertiary alicyclic amines) is 1. The van der Waals surface area contributed by atoms with Crippen LogP contribution >= 0.6 is 11.6 Å². The van der Waals surface area contributed by atoms with Crippen molar-refractivity contribution in [1.82, 2.24) is 15.1 Å². The first-order valence-corrected chi connectivity index (χ1v) is 10.3. The molecular formula is C21H22ClN3O5. The fourth-order valence-corrected chi connectivity index (χ4v) is 3.86. The third kappa shape index (κ3) is 4.33. The van der Waals surface area contributed by atoms with Crippen LogP contribution in [0.15, 0.2) is 24.3 Å². The third-order valence-electron chi connectivity index (χ3n) is 5.40. The summed E-state index contributed by atoms with van der Waals surface area (Å²) in [7, 11) is 0. The first-order valence-electron chi connectivity index (χ1n) is 9.89. The van der Waals surface area contributed by atoms with Gasteiger partial charge in [-0.2, -0.15) is 0 Å². The minimum Gasteiger partial charge on any atom is -0.465 e. The van der Waals surface area contributed by atoms with Gasteiger partial charge in [-0.15, -0.1) is 10.2 Å². The number of aromatic nitrogens is 2. The van der Waals surface area contributed by atoms with Gasteiger partial charge in [0, 0.05) is 6.54 Å². The van der Waals surface area contributed by atoms with E-state index in [9.17, 15) is 14.7 Å². The number of rotatable bonds is 6. The van der Waals surface area contributed by atoms with Gasteiger partial charge < -0.3 is 14.6 Å². The first kappa shape index (κ1) is 20.4. The topological polar surface area (TPSA) is 102 Å². The highest BCUT2D eigenvalue weighted by atomic mass is 35.5. The van der Waals surface area contributed by atoms with Gasteiger partial charge in [0.15, 0.2) is 5.15 Å². The summed E-state index contributed by atoms with van der Waals surface area (Å²) in [5, 5.41) is 17.3. The summed E-state index contributed by atoms with van der Waals surface area (Å²) in [5.41, 5.74) is 2.56. The van der Waals surface area contributed by atoms with E-state index in [4.69, 9.17) is 21.1 Å². The molecule has 0 radical (unpaired) electrons. The van der Waals surface area contributed by atoms with Crippen LogP contribution in [0, 0.1) is 6.92 Å². The Morgan fingerprint density at radius 2 is 2.07 bits per heavy atom. The lowest BCUT2D eigenvalue weighted by atomic mass is 10.1. The van der Waals surface area contributed by atoms with Crippen LogP contribution < -0.4 is 4.74 Å². The molecule has 4 rings (SSSR count). The molecule has 1 aliphatic carbocycles. The zero-order chi connectivity index (χ0) is 21.3. The number of carboxylic acid groups (broad SMARTS) is 1. The molecular weight excluding hydrogens is 410 g/mol. The van der Waals surface area contributed by atoms with Crippen LogP contribution in [-0.4, -0.2) is 44.9 Å². The van der Waals surface area contributed by atoms with Crippen LogP contribution in [0.3, 0.4) is 0 Å². The predicted octanol–water partition coefficient (Wildman–Crippen LogP) is 4.29. The number of hydrogen-bond donors (Lipinski definition) is 1. The highest BCUT2D eigenvalue weighted by Gasteiger charge is 2.35. The van der Waals surface area contributed by atoms with Crippen molar-refractivity contribution in [2.75, 3.05) is 6.54 Å². The third-order valence-corrected chi connectivity index (χ3v) is 5.59. The second kappa shape index (κ2) is 8.47. The van der Waals surface area contributed by atoms with Gasteiger partial charge in [0.1, 0.15) is 18.4 Å². The largest absolute Gasteiger partial charge is 0.465 e. The monoisotopic (exact) mass is 431 g/mol. The molecule has 1 aromatic carbocycles. The van der Waals surface area contributed by atoms with E-state index in [0.717, 1.165) is 34.6 Å². The number of hydrogen-bond acceptors (Lipinski definition) is 6. The Balaban J connectivity index is 1.52. The lowest BCUT2D eigenvalue weighted by Crippen LogP contribution is -2.40. The van der Waals surface area contributed by atoms with E-state index in [0.29, 0.717) is 30.9 Å². The van der Waals surface area contributed by atoms with E-state index in [1.54, 1.807) is 0 Å². The Hall–Kier alpha value is -2.87. The van der Waals surface area contributed by atoms with Gasteiger partial charge in [-0.05, 0) is 55.7 Å². The number of nitrogens with zero attached hydrogens (tertiary/aromatic N) is 3. The molecule has 0 bridgehead atoms. The molecule has 1 unspecified atom stereocenters. The zero-order valence-electron chi connectivity index (χ0n) is 16.5. The average molecular weight is 432 g/mol. The highest BCUT2D eigenvalue weighted by molar-refractivity contribution is 6.29. The quantitative estimate of drug-likeness (QED) is 0.680. The normalized spacial score (nSPS) is 18.3. The van der Waals surface area contributed by atoms with Crippen molar-refractivity contribution in [3.05, 3.63) is 46.1 Å². The van der Waals surface area contributed by atoms with E-state index in [1.165, 1.54) is 6.07 Å². The number of benzene rings is 1. The molecule has 2 heterocycles. The molecule has 30 heavy (non-hydrogen) atoms. The predicted molar refractivity (Wildman–Crippen MR) is 108 cm³/mol. The van der Waals surface area contributed by atoms with E-state index in [1.807, 2.05) is 25.1 Å². The summed E-state index contributed by atoms with van der Waals surface area (Å²) < 4.78 is 11.5. The molecule has 2 aliphatic rings. The van der Waals surface area contributed by atoms with Gasteiger partial charge in [-0.3, -0.25) is 4.90 Å². The lowest BCUT2D eigenvalue weighted by Gasteiger charge is -2.20. The maximum absolute atomic E-state index is 12.5. The van der Waals surface area contributed by atoms with Crippen LogP contribution in [-0.2, 0) is 16.1 Å². The molecule has 1 N–H and O–H groups in total. The van der Waals surface area contributed by atoms with Gasteiger partial charge in [0.25, 0.3) is 0 Å². The summed E-state index contributed by atoms with van der Waals surface area (Å²) in [6.45, 7) is 2.15. The fourth-order valence-electron chi connectivity index (χ4n) is 3.69. The van der Waals surface area contributed by atoms with E-state index in [-0.39, 0.29) is 17.6 Å². The Labute approximate surface area is 178 Å². The molecule has 0 spiro atoms. The molecule has 9 heteroatoms. The number of esters is 1. The van der Waals surface area contributed by atoms with Gasteiger partial charge in [0.2, 0.25) is 5.88 Å². The van der Waals surface area contributed by atoms with Crippen molar-refractivity contribution in [2.24, 2.45) is 0 Å². The Kier molecular flexibility index (Phi) is 5.76. The minimum atomic E-state index is -1.13. The average Bonchev–Trinajstić information content (AvgIpc) is 3.44. The standard InChI is InChI=1S/C21H22ClN3O5/c1-12-4-2-5-15(13-7-8-13)18(12)30-19-14(10-17(22)23-24-19)11-29-20(26)16-6-3-9-25(16)21(27)28/h2,4-5,10,13,16H,3,6-9,11H2,1H3,(H,27,28). The SMILES string of the molecule is Cc1cccc(C2CC2)c1Oc1nnc(Cl)cc1COC(=O)C1CCCN1C(=O)O. The molecule has 158 valence electrons. The molecule has 1 saturated heterocycles. The number of aryl methyl sites for hydroxylation is 1. The molecule has 2 aromatic rings. The van der Waals surface area contributed by atoms with Crippen molar-refractivity contribution in [3.8, 4) is 11.6 Å². The highest BCUT2D eigenvalue weighted by Crippen LogP contribution is 2.46.